The van der Waals surface area contributed by atoms with Crippen LogP contribution in [0.2, 0.25) is 5.02 Å². The molecule has 0 atom stereocenters. The molecule has 2 N–H and O–H groups in total. The highest BCUT2D eigenvalue weighted by Crippen LogP contribution is 2.19. The lowest BCUT2D eigenvalue weighted by molar-refractivity contribution is 0.0749. The number of hydrogen-bond donors (Lipinski definition) is 2. The Morgan fingerprint density at radius 3 is 2.67 bits per heavy atom. The summed E-state index contributed by atoms with van der Waals surface area (Å²) in [6.45, 7) is 4.10. The maximum Gasteiger partial charge on any atom is 0.141 e. The molecule has 2 nitrogen and oxygen atoms in total. The Balaban J connectivity index is 2.48. The largest absolute Gasteiger partial charge is 0.390 e. The Morgan fingerprint density at radius 2 is 2.13 bits per heavy atom. The molecule has 1 aromatic carbocycles. The van der Waals surface area contributed by atoms with Crippen molar-refractivity contribution in [3.63, 3.8) is 0 Å². The molecule has 1 rings (SSSR count). The lowest BCUT2D eigenvalue weighted by atomic mass is 10.1. The molecule has 0 aliphatic heterocycles. The van der Waals surface area contributed by atoms with E-state index in [4.69, 9.17) is 11.6 Å². The summed E-state index contributed by atoms with van der Waals surface area (Å²) in [7, 11) is 0. The van der Waals surface area contributed by atoms with Gasteiger partial charge in [-0.25, -0.2) is 4.39 Å². The van der Waals surface area contributed by atoms with Crippen molar-refractivity contribution in [3.05, 3.63) is 29.0 Å². The van der Waals surface area contributed by atoms with Crippen molar-refractivity contribution in [1.29, 1.82) is 0 Å². The Kier molecular flexibility index (Phi) is 3.94. The van der Waals surface area contributed by atoms with Gasteiger partial charge in [-0.15, -0.1) is 0 Å². The minimum Gasteiger partial charge on any atom is -0.390 e. The number of halogens is 2. The van der Waals surface area contributed by atoms with E-state index in [9.17, 15) is 9.50 Å². The second-order valence-electron chi connectivity index (χ2n) is 4.12. The average Bonchev–Trinajstić information content (AvgIpc) is 2.09. The molecule has 0 amide bonds. The van der Waals surface area contributed by atoms with Crippen LogP contribution in [0.1, 0.15) is 20.3 Å². The predicted molar refractivity (Wildman–Crippen MR) is 60.8 cm³/mol. The molecule has 0 fully saturated rings. The lowest BCUT2D eigenvalue weighted by Gasteiger charge is -2.17. The Bertz CT molecular complexity index is 336. The number of hydrogen-bond acceptors (Lipinski definition) is 2. The van der Waals surface area contributed by atoms with E-state index < -0.39 is 11.4 Å². The number of benzene rings is 1. The van der Waals surface area contributed by atoms with Gasteiger partial charge in [-0.3, -0.25) is 0 Å². The molecular formula is C11H15ClFNO. The smallest absolute Gasteiger partial charge is 0.141 e. The van der Waals surface area contributed by atoms with Gasteiger partial charge in [0.2, 0.25) is 0 Å². The van der Waals surface area contributed by atoms with Crippen LogP contribution in [0.25, 0.3) is 0 Å². The summed E-state index contributed by atoms with van der Waals surface area (Å²) in [4.78, 5) is 0. The molecule has 0 aliphatic carbocycles. The summed E-state index contributed by atoms with van der Waals surface area (Å²) in [5.74, 6) is -0.426. The SMILES string of the molecule is CC(C)(O)CCNc1ccc(F)c(Cl)c1. The van der Waals surface area contributed by atoms with Gasteiger partial charge < -0.3 is 10.4 Å². The third-order valence-electron chi connectivity index (χ3n) is 1.99. The van der Waals surface area contributed by atoms with Gasteiger partial charge in [0.15, 0.2) is 0 Å². The number of nitrogens with one attached hydrogen (secondary N) is 1. The van der Waals surface area contributed by atoms with E-state index in [1.807, 2.05) is 0 Å². The van der Waals surface area contributed by atoms with E-state index in [1.165, 1.54) is 12.1 Å². The normalized spacial score (nSPS) is 11.5. The molecule has 0 spiro atoms. The second kappa shape index (κ2) is 4.81. The zero-order valence-electron chi connectivity index (χ0n) is 8.85. The van der Waals surface area contributed by atoms with Gasteiger partial charge in [-0.1, -0.05) is 11.6 Å². The van der Waals surface area contributed by atoms with Crippen LogP contribution in [0.4, 0.5) is 10.1 Å². The van der Waals surface area contributed by atoms with E-state index in [-0.39, 0.29) is 5.02 Å². The molecule has 0 heterocycles. The Morgan fingerprint density at radius 1 is 1.47 bits per heavy atom. The number of rotatable bonds is 4. The van der Waals surface area contributed by atoms with Crippen molar-refractivity contribution in [3.8, 4) is 0 Å². The van der Waals surface area contributed by atoms with Crippen molar-refractivity contribution in [2.45, 2.75) is 25.9 Å². The first-order valence-electron chi connectivity index (χ1n) is 4.80. The lowest BCUT2D eigenvalue weighted by Crippen LogP contribution is -2.22. The zero-order valence-corrected chi connectivity index (χ0v) is 9.61. The van der Waals surface area contributed by atoms with Crippen LogP contribution in [-0.4, -0.2) is 17.3 Å². The van der Waals surface area contributed by atoms with Gasteiger partial charge in [0.25, 0.3) is 0 Å². The van der Waals surface area contributed by atoms with E-state index >= 15 is 0 Å². The molecule has 15 heavy (non-hydrogen) atoms. The van der Waals surface area contributed by atoms with Gasteiger partial charge in [0.1, 0.15) is 5.82 Å². The van der Waals surface area contributed by atoms with Gasteiger partial charge >= 0.3 is 0 Å². The summed E-state index contributed by atoms with van der Waals surface area (Å²) >= 11 is 5.62. The van der Waals surface area contributed by atoms with Crippen LogP contribution in [-0.2, 0) is 0 Å². The van der Waals surface area contributed by atoms with Crippen LogP contribution in [0.15, 0.2) is 18.2 Å². The molecule has 0 aliphatic rings. The summed E-state index contributed by atoms with van der Waals surface area (Å²) in [6.07, 6.45) is 0.613. The highest BCUT2D eigenvalue weighted by atomic mass is 35.5. The Hall–Kier alpha value is -0.800. The molecule has 0 bridgehead atoms. The third kappa shape index (κ3) is 4.49. The molecule has 0 saturated carbocycles. The maximum atomic E-state index is 12.8. The van der Waals surface area contributed by atoms with Gasteiger partial charge in [-0.05, 0) is 38.5 Å². The van der Waals surface area contributed by atoms with E-state index in [0.29, 0.717) is 13.0 Å². The van der Waals surface area contributed by atoms with Crippen molar-refractivity contribution >= 4 is 17.3 Å². The third-order valence-corrected chi connectivity index (χ3v) is 2.28. The quantitative estimate of drug-likeness (QED) is 0.835. The van der Waals surface area contributed by atoms with E-state index in [2.05, 4.69) is 5.32 Å². The molecule has 0 aromatic heterocycles. The van der Waals surface area contributed by atoms with Gasteiger partial charge in [0, 0.05) is 12.2 Å². The fraction of sp³-hybridized carbons (Fsp3) is 0.455. The molecule has 4 heteroatoms. The second-order valence-corrected chi connectivity index (χ2v) is 4.53. The monoisotopic (exact) mass is 231 g/mol. The number of aliphatic hydroxyl groups is 1. The van der Waals surface area contributed by atoms with E-state index in [0.717, 1.165) is 5.69 Å². The predicted octanol–water partition coefficient (Wildman–Crippen LogP) is 3.05. The number of anilines is 1. The molecule has 0 radical (unpaired) electrons. The van der Waals surface area contributed by atoms with Crippen molar-refractivity contribution in [2.24, 2.45) is 0 Å². The molecular weight excluding hydrogens is 217 g/mol. The average molecular weight is 232 g/mol. The van der Waals surface area contributed by atoms with Gasteiger partial charge in [-0.2, -0.15) is 0 Å². The fourth-order valence-corrected chi connectivity index (χ4v) is 1.30. The maximum absolute atomic E-state index is 12.8. The van der Waals surface area contributed by atoms with Crippen LogP contribution < -0.4 is 5.32 Å². The molecule has 1 aromatic rings. The van der Waals surface area contributed by atoms with Crippen LogP contribution in [0.5, 0.6) is 0 Å². The highest BCUT2D eigenvalue weighted by molar-refractivity contribution is 6.31. The molecule has 0 unspecified atom stereocenters. The van der Waals surface area contributed by atoms with Crippen LogP contribution >= 0.6 is 11.6 Å². The topological polar surface area (TPSA) is 32.3 Å². The standard InChI is InChI=1S/C11H15ClFNO/c1-11(2,15)5-6-14-8-3-4-10(13)9(12)7-8/h3-4,7,14-15H,5-6H2,1-2H3. The summed E-state index contributed by atoms with van der Waals surface area (Å²) in [5, 5.41) is 12.6. The molecule has 0 saturated heterocycles. The van der Waals surface area contributed by atoms with Crippen molar-refractivity contribution < 1.29 is 9.50 Å². The summed E-state index contributed by atoms with van der Waals surface area (Å²) in [5.41, 5.74) is 0.0576. The Labute approximate surface area is 94.1 Å². The first kappa shape index (κ1) is 12.3. The first-order valence-corrected chi connectivity index (χ1v) is 5.17. The first-order chi connectivity index (χ1) is 6.88. The summed E-state index contributed by atoms with van der Waals surface area (Å²) < 4.78 is 12.8. The van der Waals surface area contributed by atoms with Crippen molar-refractivity contribution in [2.75, 3.05) is 11.9 Å². The van der Waals surface area contributed by atoms with Crippen LogP contribution in [0, 0.1) is 5.82 Å². The molecule has 84 valence electrons. The summed E-state index contributed by atoms with van der Waals surface area (Å²) in [6, 6.07) is 4.46. The van der Waals surface area contributed by atoms with Gasteiger partial charge in [0.05, 0.1) is 10.6 Å². The zero-order chi connectivity index (χ0) is 11.5. The minimum absolute atomic E-state index is 0.100. The van der Waals surface area contributed by atoms with Crippen LogP contribution in [0.3, 0.4) is 0 Å². The van der Waals surface area contributed by atoms with Crippen molar-refractivity contribution in [1.82, 2.24) is 0 Å². The minimum atomic E-state index is -0.698. The van der Waals surface area contributed by atoms with E-state index in [1.54, 1.807) is 19.9 Å². The fourth-order valence-electron chi connectivity index (χ4n) is 1.12. The highest BCUT2D eigenvalue weighted by Gasteiger charge is 2.11.